The quantitative estimate of drug-likeness (QED) is 0.634. The number of ether oxygens (including phenoxy) is 2. The number of nitrogens with one attached hydrogen (secondary N) is 1. The molecule has 78 valence electrons. The summed E-state index contributed by atoms with van der Waals surface area (Å²) in [6.07, 6.45) is 0. The molecule has 0 aromatic carbocycles. The van der Waals surface area contributed by atoms with Gasteiger partial charge in [0.1, 0.15) is 0 Å². The van der Waals surface area contributed by atoms with Gasteiger partial charge >= 0.3 is 0 Å². The first-order valence-corrected chi connectivity index (χ1v) is 4.81. The normalized spacial score (nSPS) is 24.9. The van der Waals surface area contributed by atoms with E-state index in [9.17, 15) is 0 Å². The van der Waals surface area contributed by atoms with Crippen molar-refractivity contribution in [2.45, 2.75) is 6.04 Å². The van der Waals surface area contributed by atoms with Crippen LogP contribution in [0.25, 0.3) is 0 Å². The Bertz CT molecular complexity index is 131. The van der Waals surface area contributed by atoms with Crippen LogP contribution in [-0.4, -0.2) is 64.6 Å². The van der Waals surface area contributed by atoms with Gasteiger partial charge < -0.3 is 14.8 Å². The van der Waals surface area contributed by atoms with Crippen LogP contribution in [0, 0.1) is 0 Å². The fourth-order valence-electron chi connectivity index (χ4n) is 1.66. The zero-order chi connectivity index (χ0) is 9.52. The first-order chi connectivity index (χ1) is 6.38. The summed E-state index contributed by atoms with van der Waals surface area (Å²) in [7, 11) is 3.50. The number of hydrogen-bond acceptors (Lipinski definition) is 4. The van der Waals surface area contributed by atoms with Gasteiger partial charge in [-0.2, -0.15) is 0 Å². The van der Waals surface area contributed by atoms with Crippen LogP contribution in [0.5, 0.6) is 0 Å². The molecule has 1 aliphatic rings. The summed E-state index contributed by atoms with van der Waals surface area (Å²) < 4.78 is 10.2. The van der Waals surface area contributed by atoms with E-state index < -0.39 is 0 Å². The zero-order valence-corrected chi connectivity index (χ0v) is 8.58. The SMILES string of the molecule is COCCN1CCNCC1COC. The van der Waals surface area contributed by atoms with Gasteiger partial charge in [0.05, 0.1) is 13.2 Å². The van der Waals surface area contributed by atoms with Crippen LogP contribution in [0.15, 0.2) is 0 Å². The molecule has 1 saturated heterocycles. The minimum absolute atomic E-state index is 0.508. The molecule has 1 atom stereocenters. The minimum Gasteiger partial charge on any atom is -0.383 e. The van der Waals surface area contributed by atoms with Crippen LogP contribution in [0.3, 0.4) is 0 Å². The van der Waals surface area contributed by atoms with Crippen molar-refractivity contribution in [1.29, 1.82) is 0 Å². The molecule has 0 aliphatic carbocycles. The third kappa shape index (κ3) is 3.60. The van der Waals surface area contributed by atoms with Crippen LogP contribution in [0.4, 0.5) is 0 Å². The van der Waals surface area contributed by atoms with Crippen LogP contribution in [-0.2, 0) is 9.47 Å². The summed E-state index contributed by atoms with van der Waals surface area (Å²) in [5.74, 6) is 0. The molecule has 1 fully saturated rings. The molecule has 13 heavy (non-hydrogen) atoms. The van der Waals surface area contributed by atoms with Gasteiger partial charge in [-0.05, 0) is 0 Å². The average molecular weight is 188 g/mol. The Morgan fingerprint density at radius 3 is 2.92 bits per heavy atom. The van der Waals surface area contributed by atoms with Crippen molar-refractivity contribution in [2.75, 3.05) is 53.6 Å². The van der Waals surface area contributed by atoms with E-state index in [4.69, 9.17) is 9.47 Å². The minimum atomic E-state index is 0.508. The van der Waals surface area contributed by atoms with Gasteiger partial charge in [-0.3, -0.25) is 4.90 Å². The highest BCUT2D eigenvalue weighted by molar-refractivity contribution is 4.79. The molecule has 0 radical (unpaired) electrons. The largest absolute Gasteiger partial charge is 0.383 e. The second kappa shape index (κ2) is 6.32. The summed E-state index contributed by atoms with van der Waals surface area (Å²) >= 11 is 0. The lowest BCUT2D eigenvalue weighted by atomic mass is 10.2. The lowest BCUT2D eigenvalue weighted by Crippen LogP contribution is -2.53. The van der Waals surface area contributed by atoms with Gasteiger partial charge in [-0.1, -0.05) is 0 Å². The average Bonchev–Trinajstić information content (AvgIpc) is 2.17. The van der Waals surface area contributed by atoms with E-state index in [1.54, 1.807) is 14.2 Å². The van der Waals surface area contributed by atoms with Gasteiger partial charge in [-0.15, -0.1) is 0 Å². The number of rotatable bonds is 5. The van der Waals surface area contributed by atoms with Crippen molar-refractivity contribution in [3.63, 3.8) is 0 Å². The van der Waals surface area contributed by atoms with Crippen molar-refractivity contribution < 1.29 is 9.47 Å². The van der Waals surface area contributed by atoms with Gasteiger partial charge in [0.15, 0.2) is 0 Å². The maximum Gasteiger partial charge on any atom is 0.0630 e. The van der Waals surface area contributed by atoms with Gasteiger partial charge in [0.25, 0.3) is 0 Å². The van der Waals surface area contributed by atoms with Crippen LogP contribution in [0.1, 0.15) is 0 Å². The van der Waals surface area contributed by atoms with Crippen LogP contribution < -0.4 is 5.32 Å². The molecule has 0 spiro atoms. The van der Waals surface area contributed by atoms with Crippen molar-refractivity contribution in [3.8, 4) is 0 Å². The molecule has 0 amide bonds. The highest BCUT2D eigenvalue weighted by atomic mass is 16.5. The van der Waals surface area contributed by atoms with Gasteiger partial charge in [-0.25, -0.2) is 0 Å². The van der Waals surface area contributed by atoms with Crippen molar-refractivity contribution in [2.24, 2.45) is 0 Å². The topological polar surface area (TPSA) is 33.7 Å². The van der Waals surface area contributed by atoms with Crippen molar-refractivity contribution >= 4 is 0 Å². The molecule has 1 rings (SSSR count). The smallest absolute Gasteiger partial charge is 0.0630 e. The summed E-state index contributed by atoms with van der Waals surface area (Å²) in [5, 5.41) is 3.36. The van der Waals surface area contributed by atoms with E-state index in [0.29, 0.717) is 6.04 Å². The molecule has 1 N–H and O–H groups in total. The molecule has 0 saturated carbocycles. The monoisotopic (exact) mass is 188 g/mol. The van der Waals surface area contributed by atoms with Crippen molar-refractivity contribution in [3.05, 3.63) is 0 Å². The number of methoxy groups -OCH3 is 2. The molecule has 4 nitrogen and oxygen atoms in total. The van der Waals surface area contributed by atoms with E-state index in [0.717, 1.165) is 39.4 Å². The molecule has 0 bridgehead atoms. The predicted molar refractivity (Wildman–Crippen MR) is 52.0 cm³/mol. The van der Waals surface area contributed by atoms with Crippen molar-refractivity contribution in [1.82, 2.24) is 10.2 Å². The second-order valence-electron chi connectivity index (χ2n) is 3.34. The number of piperazine rings is 1. The molecule has 0 aromatic rings. The lowest BCUT2D eigenvalue weighted by Gasteiger charge is -2.35. The molecule has 4 heteroatoms. The van der Waals surface area contributed by atoms with E-state index >= 15 is 0 Å². The fourth-order valence-corrected chi connectivity index (χ4v) is 1.66. The highest BCUT2D eigenvalue weighted by Crippen LogP contribution is 2.02. The third-order valence-corrected chi connectivity index (χ3v) is 2.41. The summed E-state index contributed by atoms with van der Waals surface area (Å²) in [6.45, 7) is 5.81. The number of nitrogens with zero attached hydrogens (tertiary/aromatic N) is 1. The Hall–Kier alpha value is -0.160. The van der Waals surface area contributed by atoms with E-state index in [1.807, 2.05) is 0 Å². The Balaban J connectivity index is 2.28. The molecule has 1 heterocycles. The summed E-state index contributed by atoms with van der Waals surface area (Å²) in [4.78, 5) is 2.42. The summed E-state index contributed by atoms with van der Waals surface area (Å²) in [5.41, 5.74) is 0. The maximum absolute atomic E-state index is 5.17. The van der Waals surface area contributed by atoms with Crippen LogP contribution in [0.2, 0.25) is 0 Å². The predicted octanol–water partition coefficient (Wildman–Crippen LogP) is -0.447. The first-order valence-electron chi connectivity index (χ1n) is 4.81. The van der Waals surface area contributed by atoms with E-state index in [-0.39, 0.29) is 0 Å². The Kier molecular flexibility index (Phi) is 5.31. The lowest BCUT2D eigenvalue weighted by molar-refractivity contribution is 0.0537. The molecule has 0 aromatic heterocycles. The Labute approximate surface area is 80.2 Å². The first kappa shape index (κ1) is 10.9. The second-order valence-corrected chi connectivity index (χ2v) is 3.34. The standard InChI is InChI=1S/C9H20N2O2/c1-12-6-5-11-4-3-10-7-9(11)8-13-2/h9-10H,3-8H2,1-2H3. The fraction of sp³-hybridized carbons (Fsp3) is 1.00. The van der Waals surface area contributed by atoms with Crippen LogP contribution >= 0.6 is 0 Å². The summed E-state index contributed by atoms with van der Waals surface area (Å²) in [6, 6.07) is 0.508. The van der Waals surface area contributed by atoms with E-state index in [1.165, 1.54) is 0 Å². The third-order valence-electron chi connectivity index (χ3n) is 2.41. The highest BCUT2D eigenvalue weighted by Gasteiger charge is 2.20. The Morgan fingerprint density at radius 2 is 2.23 bits per heavy atom. The Morgan fingerprint density at radius 1 is 1.38 bits per heavy atom. The van der Waals surface area contributed by atoms with Gasteiger partial charge in [0, 0.05) is 46.4 Å². The molecule has 1 aliphatic heterocycles. The molecule has 1 unspecified atom stereocenters. The zero-order valence-electron chi connectivity index (χ0n) is 8.58. The van der Waals surface area contributed by atoms with E-state index in [2.05, 4.69) is 10.2 Å². The number of hydrogen-bond donors (Lipinski definition) is 1. The maximum atomic E-state index is 5.17. The molecular formula is C9H20N2O2. The molecular weight excluding hydrogens is 168 g/mol. The van der Waals surface area contributed by atoms with Gasteiger partial charge in [0.2, 0.25) is 0 Å².